The number of hydrogen-bond donors (Lipinski definition) is 1. The van der Waals surface area contributed by atoms with Crippen LogP contribution >= 0.6 is 11.6 Å². The Bertz CT molecular complexity index is 1040. The molecule has 148 valence electrons. The van der Waals surface area contributed by atoms with Crippen LogP contribution in [0.3, 0.4) is 0 Å². The first-order valence-electron chi connectivity index (χ1n) is 8.73. The number of methoxy groups -OCH3 is 1. The fourth-order valence-corrected chi connectivity index (χ4v) is 3.00. The Labute approximate surface area is 166 Å². The first kappa shape index (κ1) is 19.9. The van der Waals surface area contributed by atoms with Gasteiger partial charge in [0.2, 0.25) is 0 Å². The van der Waals surface area contributed by atoms with E-state index < -0.39 is 11.5 Å². The fourth-order valence-electron chi connectivity index (χ4n) is 2.81. The van der Waals surface area contributed by atoms with E-state index in [1.54, 1.807) is 7.11 Å². The van der Waals surface area contributed by atoms with E-state index in [2.05, 4.69) is 15.0 Å². The van der Waals surface area contributed by atoms with Crippen molar-refractivity contribution in [3.8, 4) is 0 Å². The molecule has 2 heterocycles. The summed E-state index contributed by atoms with van der Waals surface area (Å²) in [6.07, 6.45) is 3.48. The molecule has 0 fully saturated rings. The summed E-state index contributed by atoms with van der Waals surface area (Å²) in [6.45, 7) is 2.91. The van der Waals surface area contributed by atoms with Crippen LogP contribution in [0.4, 0.5) is 11.4 Å². The average molecular weight is 405 g/mol. The van der Waals surface area contributed by atoms with E-state index in [1.165, 1.54) is 13.1 Å². The number of fused-ring (bicyclic) bond motifs is 1. The molecule has 0 saturated heterocycles. The second-order valence-corrected chi connectivity index (χ2v) is 6.52. The van der Waals surface area contributed by atoms with E-state index in [4.69, 9.17) is 21.1 Å². The molecule has 1 aromatic carbocycles. The molecule has 0 unspecified atom stereocenters. The average Bonchev–Trinajstić information content (AvgIpc) is 3.07. The molecular formula is C19H21ClN4O4. The van der Waals surface area contributed by atoms with Gasteiger partial charge < -0.3 is 19.4 Å². The van der Waals surface area contributed by atoms with E-state index in [0.717, 1.165) is 27.8 Å². The number of rotatable bonds is 8. The molecule has 0 amide bonds. The Morgan fingerprint density at radius 1 is 1.25 bits per heavy atom. The molecule has 9 heteroatoms. The molecule has 0 saturated carbocycles. The van der Waals surface area contributed by atoms with Crippen LogP contribution in [0.5, 0.6) is 0 Å². The van der Waals surface area contributed by atoms with Gasteiger partial charge in [0, 0.05) is 43.4 Å². The van der Waals surface area contributed by atoms with Crippen molar-refractivity contribution in [2.45, 2.75) is 20.0 Å². The highest BCUT2D eigenvalue weighted by Gasteiger charge is 2.11. The Hall–Kier alpha value is -2.84. The van der Waals surface area contributed by atoms with Crippen molar-refractivity contribution in [3.63, 3.8) is 0 Å². The molecular weight excluding hydrogens is 384 g/mol. The predicted molar refractivity (Wildman–Crippen MR) is 107 cm³/mol. The van der Waals surface area contributed by atoms with Gasteiger partial charge in [-0.25, -0.2) is 4.68 Å². The van der Waals surface area contributed by atoms with Crippen LogP contribution in [0.2, 0.25) is 5.02 Å². The molecule has 8 nitrogen and oxygen atoms in total. The van der Waals surface area contributed by atoms with Gasteiger partial charge in [-0.3, -0.25) is 9.59 Å². The number of esters is 1. The third-order valence-electron chi connectivity index (χ3n) is 4.18. The van der Waals surface area contributed by atoms with Crippen LogP contribution in [0, 0.1) is 0 Å². The van der Waals surface area contributed by atoms with Gasteiger partial charge in [0.15, 0.2) is 0 Å². The van der Waals surface area contributed by atoms with Gasteiger partial charge in [-0.1, -0.05) is 11.6 Å². The SMILES string of the molecule is COCCn1ccc2cc(Nc3cnn(CCOC(C)=O)c(=O)c3Cl)ccc21. The zero-order valence-corrected chi connectivity index (χ0v) is 16.4. The lowest BCUT2D eigenvalue weighted by Gasteiger charge is -2.11. The van der Waals surface area contributed by atoms with Crippen LogP contribution in [0.25, 0.3) is 10.9 Å². The van der Waals surface area contributed by atoms with E-state index in [1.807, 2.05) is 30.5 Å². The molecule has 2 aromatic heterocycles. The number of halogens is 1. The van der Waals surface area contributed by atoms with Crippen molar-refractivity contribution in [3.05, 3.63) is 52.0 Å². The van der Waals surface area contributed by atoms with Crippen LogP contribution in [0.1, 0.15) is 6.92 Å². The monoisotopic (exact) mass is 404 g/mol. The highest BCUT2D eigenvalue weighted by molar-refractivity contribution is 6.33. The third kappa shape index (κ3) is 4.52. The van der Waals surface area contributed by atoms with Crippen LogP contribution < -0.4 is 10.9 Å². The van der Waals surface area contributed by atoms with E-state index >= 15 is 0 Å². The number of hydrogen-bond acceptors (Lipinski definition) is 6. The number of carbonyl (C=O) groups is 1. The number of carbonyl (C=O) groups excluding carboxylic acids is 1. The minimum absolute atomic E-state index is 0.0237. The van der Waals surface area contributed by atoms with Gasteiger partial charge in [0.05, 0.1) is 25.0 Å². The molecule has 3 aromatic rings. The Morgan fingerprint density at radius 3 is 2.82 bits per heavy atom. The summed E-state index contributed by atoms with van der Waals surface area (Å²) < 4.78 is 13.2. The minimum Gasteiger partial charge on any atom is -0.464 e. The highest BCUT2D eigenvalue weighted by atomic mass is 35.5. The summed E-state index contributed by atoms with van der Waals surface area (Å²) in [5.74, 6) is -0.413. The quantitative estimate of drug-likeness (QED) is 0.581. The number of nitrogens with zero attached hydrogens (tertiary/aromatic N) is 3. The Morgan fingerprint density at radius 2 is 2.07 bits per heavy atom. The largest absolute Gasteiger partial charge is 0.464 e. The number of nitrogens with one attached hydrogen (secondary N) is 1. The molecule has 0 aliphatic carbocycles. The van der Waals surface area contributed by atoms with Crippen LogP contribution in [-0.4, -0.2) is 40.6 Å². The van der Waals surface area contributed by atoms with E-state index in [0.29, 0.717) is 12.3 Å². The molecule has 0 radical (unpaired) electrons. The topological polar surface area (TPSA) is 87.4 Å². The number of aromatic nitrogens is 3. The van der Waals surface area contributed by atoms with Crippen LogP contribution in [0.15, 0.2) is 41.5 Å². The molecule has 3 rings (SSSR count). The molecule has 0 atom stereocenters. The summed E-state index contributed by atoms with van der Waals surface area (Å²) in [6, 6.07) is 7.90. The van der Waals surface area contributed by atoms with Gasteiger partial charge >= 0.3 is 5.97 Å². The standard InChI is InChI=1S/C19H21ClN4O4/c1-13(25)28-10-8-24-19(26)18(20)16(12-21-24)22-15-3-4-17-14(11-15)5-6-23(17)7-9-27-2/h3-6,11-12,22H,7-10H2,1-2H3. The van der Waals surface area contributed by atoms with Crippen molar-refractivity contribution in [2.75, 3.05) is 25.6 Å². The lowest BCUT2D eigenvalue weighted by atomic mass is 10.2. The van der Waals surface area contributed by atoms with Crippen LogP contribution in [-0.2, 0) is 27.4 Å². The maximum Gasteiger partial charge on any atom is 0.302 e. The molecule has 0 aliphatic heterocycles. The Kier molecular flexibility index (Phi) is 6.33. The summed E-state index contributed by atoms with van der Waals surface area (Å²) >= 11 is 6.21. The number of ether oxygens (including phenoxy) is 2. The van der Waals surface area contributed by atoms with E-state index in [-0.39, 0.29) is 18.2 Å². The van der Waals surface area contributed by atoms with Crippen molar-refractivity contribution >= 4 is 39.8 Å². The van der Waals surface area contributed by atoms with E-state index in [9.17, 15) is 9.59 Å². The summed E-state index contributed by atoms with van der Waals surface area (Å²) in [5, 5.41) is 8.29. The fraction of sp³-hybridized carbons (Fsp3) is 0.316. The van der Waals surface area contributed by atoms with Gasteiger partial charge in [-0.15, -0.1) is 0 Å². The molecule has 0 spiro atoms. The molecule has 0 aliphatic rings. The van der Waals surface area contributed by atoms with Gasteiger partial charge in [0.1, 0.15) is 11.6 Å². The van der Waals surface area contributed by atoms with Gasteiger partial charge in [-0.2, -0.15) is 5.10 Å². The van der Waals surface area contributed by atoms with Gasteiger partial charge in [-0.05, 0) is 24.3 Å². The van der Waals surface area contributed by atoms with Crippen molar-refractivity contribution in [1.82, 2.24) is 14.3 Å². The van der Waals surface area contributed by atoms with Crippen molar-refractivity contribution in [2.24, 2.45) is 0 Å². The smallest absolute Gasteiger partial charge is 0.302 e. The summed E-state index contributed by atoms with van der Waals surface area (Å²) in [5.41, 5.74) is 1.84. The van der Waals surface area contributed by atoms with Crippen molar-refractivity contribution < 1.29 is 14.3 Å². The first-order chi connectivity index (χ1) is 13.5. The zero-order chi connectivity index (χ0) is 20.1. The van der Waals surface area contributed by atoms with Crippen molar-refractivity contribution in [1.29, 1.82) is 0 Å². The van der Waals surface area contributed by atoms with Gasteiger partial charge in [0.25, 0.3) is 5.56 Å². The summed E-state index contributed by atoms with van der Waals surface area (Å²) in [4.78, 5) is 23.2. The maximum atomic E-state index is 12.3. The molecule has 0 bridgehead atoms. The lowest BCUT2D eigenvalue weighted by molar-refractivity contribution is -0.141. The predicted octanol–water partition coefficient (Wildman–Crippen LogP) is 2.80. The number of anilines is 2. The zero-order valence-electron chi connectivity index (χ0n) is 15.6. The first-order valence-corrected chi connectivity index (χ1v) is 9.11. The minimum atomic E-state index is -0.453. The Balaban J connectivity index is 1.77. The lowest BCUT2D eigenvalue weighted by Crippen LogP contribution is -2.26. The third-order valence-corrected chi connectivity index (χ3v) is 4.54. The normalized spacial score (nSPS) is 11.0. The second kappa shape index (κ2) is 8.90. The molecule has 28 heavy (non-hydrogen) atoms. The maximum absolute atomic E-state index is 12.3. The number of benzene rings is 1. The molecule has 1 N–H and O–H groups in total. The highest BCUT2D eigenvalue weighted by Crippen LogP contribution is 2.25. The second-order valence-electron chi connectivity index (χ2n) is 6.14. The summed E-state index contributed by atoms with van der Waals surface area (Å²) in [7, 11) is 1.68.